The zero-order valence-corrected chi connectivity index (χ0v) is 18.1. The molecule has 34 heavy (non-hydrogen) atoms. The van der Waals surface area contributed by atoms with Gasteiger partial charge in [0.05, 0.1) is 28.3 Å². The number of nitrogens with zero attached hydrogens (tertiary/aromatic N) is 5. The van der Waals surface area contributed by atoms with Gasteiger partial charge in [-0.2, -0.15) is 5.10 Å². The maximum absolute atomic E-state index is 10.9. The minimum atomic E-state index is -1.94. The van der Waals surface area contributed by atoms with Crippen LogP contribution in [0.25, 0.3) is 32.9 Å². The standard InChI is InChI=1S/C22H14B4N6O2/c1-32-20(23)13(9-30-32)11-7-16-18(17(33)8-11)21(29-10-28-16)31-15-5-4-14-12(3-2-6-27-14)19(15)34-22(24,25)26/h2-10,33H,1H3,(H,28,29,31). The summed E-state index contributed by atoms with van der Waals surface area (Å²) in [6.07, 6.45) is 4.66. The predicted octanol–water partition coefficient (Wildman–Crippen LogP) is 1.32. The van der Waals surface area contributed by atoms with Gasteiger partial charge >= 0.3 is 0 Å². The highest BCUT2D eigenvalue weighted by molar-refractivity contribution is 6.58. The fourth-order valence-electron chi connectivity index (χ4n) is 3.73. The summed E-state index contributed by atoms with van der Waals surface area (Å²) in [6.45, 7) is 0. The average molecular weight is 438 g/mol. The lowest BCUT2D eigenvalue weighted by Crippen LogP contribution is -2.37. The van der Waals surface area contributed by atoms with E-state index in [2.05, 4.69) is 25.4 Å². The summed E-state index contributed by atoms with van der Waals surface area (Å²) in [6, 6.07) is 10.4. The summed E-state index contributed by atoms with van der Waals surface area (Å²) in [5.74, 6) is 0.566. The molecule has 2 N–H and O–H groups in total. The lowest BCUT2D eigenvalue weighted by atomic mass is 9.52. The van der Waals surface area contributed by atoms with Gasteiger partial charge in [0.1, 0.15) is 55.0 Å². The van der Waals surface area contributed by atoms with Gasteiger partial charge in [-0.25, -0.2) is 9.97 Å². The number of aromatic hydroxyl groups is 1. The molecule has 0 spiro atoms. The van der Waals surface area contributed by atoms with Crippen LogP contribution >= 0.6 is 0 Å². The Hall–Kier alpha value is -3.94. The first-order valence-electron chi connectivity index (χ1n) is 10.2. The van der Waals surface area contributed by atoms with Gasteiger partial charge in [0.2, 0.25) is 0 Å². The number of phenols is 1. The highest BCUT2D eigenvalue weighted by atomic mass is 16.5. The van der Waals surface area contributed by atoms with Gasteiger partial charge in [-0.15, -0.1) is 0 Å². The fourth-order valence-corrected chi connectivity index (χ4v) is 3.73. The maximum atomic E-state index is 10.9. The molecular weight excluding hydrogens is 424 g/mol. The topological polar surface area (TPSA) is 98.0 Å². The molecule has 0 fully saturated rings. The SMILES string of the molecule is [B]c1c(-c2cc(O)c3c(Nc4ccc5ncccc5c4OC([B])([B])[B])ncnc3c2)cnn1C. The van der Waals surface area contributed by atoms with Crippen molar-refractivity contribution in [3.63, 3.8) is 0 Å². The Morgan fingerprint density at radius 2 is 1.88 bits per heavy atom. The number of phenolic OH excluding ortho intramolecular Hbond substituents is 1. The Kier molecular flexibility index (Phi) is 5.23. The predicted molar refractivity (Wildman–Crippen MR) is 134 cm³/mol. The van der Waals surface area contributed by atoms with Crippen LogP contribution < -0.4 is 15.6 Å². The van der Waals surface area contributed by atoms with E-state index in [4.69, 9.17) is 36.1 Å². The molecule has 0 aliphatic carbocycles. The molecule has 0 amide bonds. The smallest absolute Gasteiger partial charge is 0.149 e. The molecule has 8 radical (unpaired) electrons. The minimum absolute atomic E-state index is 0.0467. The zero-order chi connectivity index (χ0) is 24.0. The average Bonchev–Trinajstić information content (AvgIpc) is 3.12. The summed E-state index contributed by atoms with van der Waals surface area (Å²) in [7, 11) is 25.0. The number of pyridine rings is 1. The highest BCUT2D eigenvalue weighted by Gasteiger charge is 2.19. The second-order valence-electron chi connectivity index (χ2n) is 7.77. The van der Waals surface area contributed by atoms with Gasteiger partial charge in [0.25, 0.3) is 0 Å². The number of anilines is 2. The highest BCUT2D eigenvalue weighted by Crippen LogP contribution is 2.39. The second-order valence-corrected chi connectivity index (χ2v) is 7.77. The van der Waals surface area contributed by atoms with Gasteiger partial charge in [0.15, 0.2) is 0 Å². The summed E-state index contributed by atoms with van der Waals surface area (Å²) >= 11 is 0. The van der Waals surface area contributed by atoms with Crippen LogP contribution in [0.2, 0.25) is 0 Å². The lowest BCUT2D eigenvalue weighted by Gasteiger charge is -2.26. The Morgan fingerprint density at radius 1 is 1.06 bits per heavy atom. The molecule has 8 nitrogen and oxygen atoms in total. The van der Waals surface area contributed by atoms with Crippen LogP contribution in [0.15, 0.2) is 55.1 Å². The third-order valence-electron chi connectivity index (χ3n) is 5.28. The number of hydrogen-bond acceptors (Lipinski definition) is 7. The molecule has 0 saturated carbocycles. The Labute approximate surface area is 200 Å². The first-order valence-corrected chi connectivity index (χ1v) is 10.2. The van der Waals surface area contributed by atoms with Crippen molar-refractivity contribution in [3.05, 3.63) is 55.1 Å². The third kappa shape index (κ3) is 3.96. The van der Waals surface area contributed by atoms with E-state index in [9.17, 15) is 5.11 Å². The van der Waals surface area contributed by atoms with E-state index in [0.29, 0.717) is 50.0 Å². The van der Waals surface area contributed by atoms with E-state index < -0.39 is 5.30 Å². The van der Waals surface area contributed by atoms with Crippen molar-refractivity contribution >= 4 is 70.3 Å². The number of hydrogen-bond donors (Lipinski definition) is 2. The van der Waals surface area contributed by atoms with Crippen molar-refractivity contribution in [1.29, 1.82) is 0 Å². The largest absolute Gasteiger partial charge is 0.513 e. The van der Waals surface area contributed by atoms with E-state index in [1.165, 1.54) is 6.33 Å². The minimum Gasteiger partial charge on any atom is -0.513 e. The molecule has 0 unspecified atom stereocenters. The second kappa shape index (κ2) is 8.13. The fraction of sp³-hybridized carbons (Fsp3) is 0.0909. The molecule has 12 heteroatoms. The van der Waals surface area contributed by atoms with Crippen LogP contribution in [0.4, 0.5) is 11.5 Å². The molecule has 2 aromatic carbocycles. The number of nitrogens with one attached hydrogen (secondary N) is 1. The summed E-state index contributed by atoms with van der Waals surface area (Å²) in [5.41, 5.74) is 3.42. The van der Waals surface area contributed by atoms with E-state index >= 15 is 0 Å². The van der Waals surface area contributed by atoms with Crippen LogP contribution in [-0.4, -0.2) is 66.5 Å². The monoisotopic (exact) mass is 438 g/mol. The number of fused-ring (bicyclic) bond motifs is 2. The van der Waals surface area contributed by atoms with E-state index in [0.717, 1.165) is 0 Å². The number of ether oxygens (including phenoxy) is 1. The van der Waals surface area contributed by atoms with E-state index in [-0.39, 0.29) is 11.5 Å². The molecule has 0 aliphatic rings. The van der Waals surface area contributed by atoms with Crippen molar-refractivity contribution in [2.45, 2.75) is 5.30 Å². The molecule has 3 aromatic heterocycles. The molecule has 156 valence electrons. The Bertz CT molecular complexity index is 1550. The Morgan fingerprint density at radius 3 is 2.62 bits per heavy atom. The first kappa shape index (κ1) is 21.9. The van der Waals surface area contributed by atoms with Crippen molar-refractivity contribution < 1.29 is 9.84 Å². The number of aryl methyl sites for hydroxylation is 1. The van der Waals surface area contributed by atoms with Gasteiger partial charge < -0.3 is 15.2 Å². The molecule has 5 rings (SSSR count). The lowest BCUT2D eigenvalue weighted by molar-refractivity contribution is 0.324. The molecular formula is C22H14B4N6O2. The number of rotatable bonds is 5. The van der Waals surface area contributed by atoms with Crippen LogP contribution in [0, 0.1) is 0 Å². The van der Waals surface area contributed by atoms with Crippen LogP contribution in [0.1, 0.15) is 0 Å². The first-order chi connectivity index (χ1) is 16.2. The normalized spacial score (nSPS) is 11.7. The maximum Gasteiger partial charge on any atom is 0.149 e. The summed E-state index contributed by atoms with van der Waals surface area (Å²) in [4.78, 5) is 13.0. The Balaban J connectivity index is 1.64. The molecule has 0 bridgehead atoms. The summed E-state index contributed by atoms with van der Waals surface area (Å²) < 4.78 is 7.20. The summed E-state index contributed by atoms with van der Waals surface area (Å²) in [5, 5.41) is 17.3. The van der Waals surface area contributed by atoms with Crippen molar-refractivity contribution in [3.8, 4) is 22.6 Å². The third-order valence-corrected chi connectivity index (χ3v) is 5.28. The van der Waals surface area contributed by atoms with Gasteiger partial charge in [-0.3, -0.25) is 9.67 Å². The molecule has 5 aromatic rings. The van der Waals surface area contributed by atoms with Gasteiger partial charge in [-0.05, 0) is 52.9 Å². The van der Waals surface area contributed by atoms with Crippen molar-refractivity contribution in [1.82, 2.24) is 24.7 Å². The van der Waals surface area contributed by atoms with Crippen LogP contribution in [0.5, 0.6) is 11.5 Å². The van der Waals surface area contributed by atoms with Gasteiger partial charge in [0, 0.05) is 24.2 Å². The van der Waals surface area contributed by atoms with Gasteiger partial charge in [-0.1, -0.05) is 0 Å². The molecule has 0 atom stereocenters. The van der Waals surface area contributed by atoms with E-state index in [1.807, 2.05) is 0 Å². The van der Waals surface area contributed by atoms with E-state index in [1.54, 1.807) is 60.5 Å². The molecule has 0 saturated heterocycles. The molecule has 0 aliphatic heterocycles. The number of benzene rings is 2. The van der Waals surface area contributed by atoms with Crippen LogP contribution in [0.3, 0.4) is 0 Å². The quantitative estimate of drug-likeness (QED) is 0.400. The van der Waals surface area contributed by atoms with Crippen LogP contribution in [-0.2, 0) is 7.05 Å². The van der Waals surface area contributed by atoms with Crippen molar-refractivity contribution in [2.24, 2.45) is 7.05 Å². The van der Waals surface area contributed by atoms with Crippen molar-refractivity contribution in [2.75, 3.05) is 5.32 Å². The number of aromatic nitrogens is 5. The molecule has 3 heterocycles. The zero-order valence-electron chi connectivity index (χ0n) is 18.1.